The Labute approximate surface area is 110 Å². The van der Waals surface area contributed by atoms with E-state index in [9.17, 15) is 18.0 Å². The number of sulfonamides is 1. The van der Waals surface area contributed by atoms with Gasteiger partial charge in [0.1, 0.15) is 5.56 Å². The Morgan fingerprint density at radius 1 is 1.26 bits per heavy atom. The van der Waals surface area contributed by atoms with Gasteiger partial charge in [-0.05, 0) is 0 Å². The first kappa shape index (κ1) is 13.8. The SMILES string of the molecule is CS(=O)(=O)N1CCN(C(=O)c2c[nH]ccc2=O)CC1. The van der Waals surface area contributed by atoms with E-state index >= 15 is 0 Å². The number of H-pyrrole nitrogens is 1. The zero-order valence-electron chi connectivity index (χ0n) is 10.5. The van der Waals surface area contributed by atoms with Crippen molar-refractivity contribution < 1.29 is 13.2 Å². The lowest BCUT2D eigenvalue weighted by Gasteiger charge is -2.33. The van der Waals surface area contributed by atoms with Crippen LogP contribution in [0.1, 0.15) is 10.4 Å². The van der Waals surface area contributed by atoms with E-state index in [0.29, 0.717) is 13.1 Å². The number of hydrogen-bond donors (Lipinski definition) is 1. The van der Waals surface area contributed by atoms with Crippen LogP contribution in [0.3, 0.4) is 0 Å². The van der Waals surface area contributed by atoms with Crippen LogP contribution in [0.5, 0.6) is 0 Å². The molecule has 0 saturated carbocycles. The number of carbonyl (C=O) groups is 1. The summed E-state index contributed by atoms with van der Waals surface area (Å²) in [6.45, 7) is 1.10. The average molecular weight is 285 g/mol. The van der Waals surface area contributed by atoms with Crippen LogP contribution >= 0.6 is 0 Å². The second-order valence-electron chi connectivity index (χ2n) is 4.38. The monoisotopic (exact) mass is 285 g/mol. The number of aromatic amines is 1. The molecule has 0 unspecified atom stereocenters. The molecule has 2 heterocycles. The molecule has 0 atom stereocenters. The van der Waals surface area contributed by atoms with Crippen LogP contribution in [-0.4, -0.2) is 60.9 Å². The predicted octanol–water partition coefficient (Wildman–Crippen LogP) is -0.908. The average Bonchev–Trinajstić information content (AvgIpc) is 2.38. The number of nitrogens with zero attached hydrogens (tertiary/aromatic N) is 2. The van der Waals surface area contributed by atoms with E-state index in [0.717, 1.165) is 6.26 Å². The van der Waals surface area contributed by atoms with Crippen molar-refractivity contribution in [2.75, 3.05) is 32.4 Å². The maximum absolute atomic E-state index is 12.1. The Kier molecular flexibility index (Phi) is 3.72. The Morgan fingerprint density at radius 2 is 1.89 bits per heavy atom. The van der Waals surface area contributed by atoms with Crippen LogP contribution in [-0.2, 0) is 10.0 Å². The molecule has 1 aromatic rings. The summed E-state index contributed by atoms with van der Waals surface area (Å²) < 4.78 is 24.0. The van der Waals surface area contributed by atoms with Gasteiger partial charge in [-0.15, -0.1) is 0 Å². The minimum Gasteiger partial charge on any atom is -0.367 e. The van der Waals surface area contributed by atoms with Crippen molar-refractivity contribution >= 4 is 15.9 Å². The molecule has 1 aromatic heterocycles. The Morgan fingerprint density at radius 3 is 2.42 bits per heavy atom. The number of hydrogen-bond acceptors (Lipinski definition) is 4. The number of pyridine rings is 1. The maximum Gasteiger partial charge on any atom is 0.259 e. The highest BCUT2D eigenvalue weighted by molar-refractivity contribution is 7.88. The zero-order chi connectivity index (χ0) is 14.0. The molecule has 8 heteroatoms. The third-order valence-corrected chi connectivity index (χ3v) is 4.35. The molecule has 19 heavy (non-hydrogen) atoms. The normalized spacial score (nSPS) is 17.4. The van der Waals surface area contributed by atoms with Gasteiger partial charge < -0.3 is 9.88 Å². The summed E-state index contributed by atoms with van der Waals surface area (Å²) in [5.74, 6) is -0.366. The van der Waals surface area contributed by atoms with E-state index in [1.165, 1.54) is 27.7 Å². The highest BCUT2D eigenvalue weighted by atomic mass is 32.2. The van der Waals surface area contributed by atoms with Crippen LogP contribution in [0.15, 0.2) is 23.3 Å². The number of aromatic nitrogens is 1. The third-order valence-electron chi connectivity index (χ3n) is 3.05. The first-order chi connectivity index (χ1) is 8.89. The van der Waals surface area contributed by atoms with Gasteiger partial charge in [-0.1, -0.05) is 0 Å². The van der Waals surface area contributed by atoms with Crippen molar-refractivity contribution in [3.8, 4) is 0 Å². The summed E-state index contributed by atoms with van der Waals surface area (Å²) in [4.78, 5) is 27.9. The molecule has 1 fully saturated rings. The topological polar surface area (TPSA) is 90.6 Å². The summed E-state index contributed by atoms with van der Waals surface area (Å²) in [6, 6.07) is 1.29. The summed E-state index contributed by atoms with van der Waals surface area (Å²) in [5.41, 5.74) is -0.260. The third kappa shape index (κ3) is 3.02. The van der Waals surface area contributed by atoms with Crippen molar-refractivity contribution in [1.29, 1.82) is 0 Å². The number of rotatable bonds is 2. The molecule has 0 spiro atoms. The van der Waals surface area contributed by atoms with E-state index < -0.39 is 10.0 Å². The Hall–Kier alpha value is -1.67. The minimum absolute atomic E-state index is 0.0790. The molecule has 0 radical (unpaired) electrons. The lowest BCUT2D eigenvalue weighted by atomic mass is 10.2. The molecule has 0 bridgehead atoms. The second-order valence-corrected chi connectivity index (χ2v) is 6.36. The van der Waals surface area contributed by atoms with Gasteiger partial charge in [0.25, 0.3) is 5.91 Å². The molecule has 1 saturated heterocycles. The fraction of sp³-hybridized carbons (Fsp3) is 0.455. The van der Waals surface area contributed by atoms with E-state index in [4.69, 9.17) is 0 Å². The molecule has 1 aliphatic rings. The van der Waals surface area contributed by atoms with Gasteiger partial charge in [0.2, 0.25) is 10.0 Å². The summed E-state index contributed by atoms with van der Waals surface area (Å²) in [7, 11) is -3.22. The highest BCUT2D eigenvalue weighted by Gasteiger charge is 2.27. The predicted molar refractivity (Wildman–Crippen MR) is 69.4 cm³/mol. The minimum atomic E-state index is -3.22. The largest absolute Gasteiger partial charge is 0.367 e. The molecule has 0 aromatic carbocycles. The van der Waals surface area contributed by atoms with Crippen LogP contribution in [0.2, 0.25) is 0 Å². The molecule has 1 amide bonds. The van der Waals surface area contributed by atoms with Gasteiger partial charge in [0.15, 0.2) is 5.43 Å². The standard InChI is InChI=1S/C11H15N3O4S/c1-19(17,18)14-6-4-13(5-7-14)11(16)9-8-12-3-2-10(9)15/h2-3,8H,4-7H2,1H3,(H,12,15). The lowest BCUT2D eigenvalue weighted by Crippen LogP contribution is -2.50. The second kappa shape index (κ2) is 5.14. The van der Waals surface area contributed by atoms with Crippen molar-refractivity contribution in [3.05, 3.63) is 34.2 Å². The molecule has 2 rings (SSSR count). The van der Waals surface area contributed by atoms with Gasteiger partial charge in [0, 0.05) is 44.6 Å². The van der Waals surface area contributed by atoms with Gasteiger partial charge in [-0.2, -0.15) is 4.31 Å². The fourth-order valence-electron chi connectivity index (χ4n) is 1.98. The van der Waals surface area contributed by atoms with Crippen molar-refractivity contribution in [2.45, 2.75) is 0 Å². The molecule has 1 N–H and O–H groups in total. The van der Waals surface area contributed by atoms with E-state index in [-0.39, 0.29) is 30.0 Å². The van der Waals surface area contributed by atoms with Crippen molar-refractivity contribution in [2.24, 2.45) is 0 Å². The highest BCUT2D eigenvalue weighted by Crippen LogP contribution is 2.08. The molecule has 0 aliphatic carbocycles. The number of amides is 1. The van der Waals surface area contributed by atoms with Gasteiger partial charge >= 0.3 is 0 Å². The van der Waals surface area contributed by atoms with Crippen LogP contribution < -0.4 is 5.43 Å². The first-order valence-electron chi connectivity index (χ1n) is 5.81. The Bertz CT molecular complexity index is 629. The quantitative estimate of drug-likeness (QED) is 0.762. The van der Waals surface area contributed by atoms with Gasteiger partial charge in [-0.25, -0.2) is 8.42 Å². The molecule has 7 nitrogen and oxygen atoms in total. The van der Waals surface area contributed by atoms with E-state index in [1.54, 1.807) is 0 Å². The molecular weight excluding hydrogens is 270 g/mol. The maximum atomic E-state index is 12.1. The first-order valence-corrected chi connectivity index (χ1v) is 7.66. The summed E-state index contributed by atoms with van der Waals surface area (Å²) >= 11 is 0. The van der Waals surface area contributed by atoms with Crippen LogP contribution in [0.25, 0.3) is 0 Å². The number of nitrogens with one attached hydrogen (secondary N) is 1. The van der Waals surface area contributed by atoms with Crippen LogP contribution in [0.4, 0.5) is 0 Å². The zero-order valence-corrected chi connectivity index (χ0v) is 11.3. The summed E-state index contributed by atoms with van der Waals surface area (Å²) in [5, 5.41) is 0. The van der Waals surface area contributed by atoms with Crippen molar-refractivity contribution in [1.82, 2.24) is 14.2 Å². The molecule has 104 valence electrons. The van der Waals surface area contributed by atoms with E-state index in [2.05, 4.69) is 4.98 Å². The van der Waals surface area contributed by atoms with Crippen LogP contribution in [0, 0.1) is 0 Å². The number of carbonyl (C=O) groups excluding carboxylic acids is 1. The smallest absolute Gasteiger partial charge is 0.259 e. The van der Waals surface area contributed by atoms with Gasteiger partial charge in [-0.3, -0.25) is 9.59 Å². The molecule has 1 aliphatic heterocycles. The molecular formula is C11H15N3O4S. The van der Waals surface area contributed by atoms with E-state index in [1.807, 2.05) is 0 Å². The van der Waals surface area contributed by atoms with Crippen molar-refractivity contribution in [3.63, 3.8) is 0 Å². The lowest BCUT2D eigenvalue weighted by molar-refractivity contribution is 0.0696. The number of piperazine rings is 1. The Balaban J connectivity index is 2.09. The van der Waals surface area contributed by atoms with Gasteiger partial charge in [0.05, 0.1) is 6.26 Å². The summed E-state index contributed by atoms with van der Waals surface area (Å²) in [6.07, 6.45) is 3.97. The fourth-order valence-corrected chi connectivity index (χ4v) is 2.80.